The molecule has 26 heteroatoms. The van der Waals surface area contributed by atoms with Crippen LogP contribution in [0, 0.1) is 0 Å². The Bertz CT molecular complexity index is 2430. The number of phosphoric ester groups is 2. The van der Waals surface area contributed by atoms with E-state index in [9.17, 15) is 43.0 Å². The number of anilines is 2. The van der Waals surface area contributed by atoms with Crippen LogP contribution in [0.4, 0.5) is 16.4 Å². The first kappa shape index (κ1) is 51.7. The van der Waals surface area contributed by atoms with Gasteiger partial charge in [0.1, 0.15) is 11.8 Å². The number of carbonyl (C=O) groups excluding carboxylic acids is 3. The van der Waals surface area contributed by atoms with Crippen molar-refractivity contribution in [2.45, 2.75) is 72.1 Å². The molecule has 1 unspecified atom stereocenters. The molecule has 24 nitrogen and oxygen atoms in total. The lowest BCUT2D eigenvalue weighted by Crippen LogP contribution is -2.41. The molecule has 0 saturated carbocycles. The zero-order valence-electron chi connectivity index (χ0n) is 35.7. The van der Waals surface area contributed by atoms with Gasteiger partial charge in [-0.15, -0.1) is 0 Å². The SMILES string of the molecule is CCOP(=O)(OCC)OCC(CCC(=O)c1ccccc1OC(=O)Nc1nc2ncc(CNc3ccc(C(=O)N[C@@H](CCC(=O)O)C(=O)O)cc3)nc2c(=O)[nH]1)OP(=O)(OCC)OCC. The van der Waals surface area contributed by atoms with Gasteiger partial charge in [-0.2, -0.15) is 4.98 Å². The largest absolute Gasteiger partial charge is 0.481 e. The number of carboxylic acids is 2. The van der Waals surface area contributed by atoms with Crippen LogP contribution in [-0.4, -0.2) is 105 Å². The van der Waals surface area contributed by atoms with Crippen molar-refractivity contribution in [3.8, 4) is 5.75 Å². The van der Waals surface area contributed by atoms with Crippen LogP contribution in [0.15, 0.2) is 59.5 Å². The number of carbonyl (C=O) groups is 5. The molecule has 65 heavy (non-hydrogen) atoms. The third kappa shape index (κ3) is 16.2. The number of H-pyrrole nitrogens is 1. The lowest BCUT2D eigenvalue weighted by molar-refractivity contribution is -0.140. The molecule has 4 aromatic rings. The number of aromatic amines is 1. The van der Waals surface area contributed by atoms with Gasteiger partial charge in [0.25, 0.3) is 11.5 Å². The highest BCUT2D eigenvalue weighted by molar-refractivity contribution is 7.48. The van der Waals surface area contributed by atoms with E-state index in [1.807, 2.05) is 0 Å². The second kappa shape index (κ2) is 24.9. The van der Waals surface area contributed by atoms with Crippen molar-refractivity contribution < 1.29 is 75.2 Å². The maximum Gasteiger partial charge on any atom is 0.475 e. The number of ketones is 1. The number of hydrogen-bond acceptors (Lipinski definition) is 19. The number of phosphoric acid groups is 2. The van der Waals surface area contributed by atoms with Crippen LogP contribution in [0.25, 0.3) is 11.2 Å². The molecule has 0 aliphatic carbocycles. The van der Waals surface area contributed by atoms with E-state index in [0.717, 1.165) is 0 Å². The molecule has 0 spiro atoms. The van der Waals surface area contributed by atoms with E-state index in [-0.39, 0.29) is 86.2 Å². The van der Waals surface area contributed by atoms with Gasteiger partial charge >= 0.3 is 33.7 Å². The molecule has 0 aliphatic heterocycles. The zero-order valence-corrected chi connectivity index (χ0v) is 37.5. The van der Waals surface area contributed by atoms with Gasteiger partial charge in [-0.25, -0.2) is 28.7 Å². The fourth-order valence-corrected chi connectivity index (χ4v) is 8.16. The molecule has 2 heterocycles. The molecule has 0 fully saturated rings. The molecule has 4 rings (SSSR count). The molecule has 0 bridgehead atoms. The van der Waals surface area contributed by atoms with Crippen molar-refractivity contribution in [3.05, 3.63) is 81.9 Å². The summed E-state index contributed by atoms with van der Waals surface area (Å²) in [6.45, 7) is 5.83. The van der Waals surface area contributed by atoms with Gasteiger partial charge in [-0.3, -0.25) is 56.6 Å². The van der Waals surface area contributed by atoms with E-state index in [0.29, 0.717) is 11.4 Å². The Balaban J connectivity index is 1.38. The first-order valence-corrected chi connectivity index (χ1v) is 23.0. The molecule has 6 N–H and O–H groups in total. The maximum atomic E-state index is 13.5. The Kier molecular flexibility index (Phi) is 19.8. The Morgan fingerprint density at radius 1 is 0.800 bits per heavy atom. The average Bonchev–Trinajstić information content (AvgIpc) is 3.25. The topological polar surface area (TPSA) is 332 Å². The second-order valence-electron chi connectivity index (χ2n) is 13.2. The van der Waals surface area contributed by atoms with Gasteiger partial charge in [-0.05, 0) is 76.9 Å². The second-order valence-corrected chi connectivity index (χ2v) is 16.5. The fourth-order valence-electron chi connectivity index (χ4n) is 5.60. The van der Waals surface area contributed by atoms with Crippen LogP contribution in [0.5, 0.6) is 5.75 Å². The molecular weight excluding hydrogens is 900 g/mol. The van der Waals surface area contributed by atoms with Crippen LogP contribution in [0.2, 0.25) is 0 Å². The highest BCUT2D eigenvalue weighted by atomic mass is 31.2. The summed E-state index contributed by atoms with van der Waals surface area (Å²) in [4.78, 5) is 89.4. The fraction of sp³-hybridized carbons (Fsp3) is 0.410. The minimum Gasteiger partial charge on any atom is -0.481 e. The van der Waals surface area contributed by atoms with Crippen LogP contribution < -0.4 is 26.2 Å². The number of benzene rings is 2. The van der Waals surface area contributed by atoms with Gasteiger partial charge < -0.3 is 25.6 Å². The maximum absolute atomic E-state index is 13.5. The number of Topliss-reactive ketones (excluding diaryl/α,β-unsaturated/α-hetero) is 1. The number of nitrogens with zero attached hydrogens (tertiary/aromatic N) is 3. The minimum absolute atomic E-state index is 0.00250. The standard InChI is InChI=1S/C39H49N7O17P2/c1-5-57-64(55,58-6-2)61-23-27(63-65(56,59-7-3)60-8-4)17-19-30(47)28-11-9-10-12-31(28)62-39(54)46-38-44-34-33(36(51)45-38)42-26(22-41-34)21-40-25-15-13-24(14-16-25)35(50)43-29(37(52)53)18-20-32(48)49/h9-16,22,27,29,40H,5-8,17-21,23H2,1-4H3,(H,43,50)(H,48,49)(H,52,53)(H2,41,44,45,46,51,54)/t27?,29-/m0/s1. The number of amides is 2. The highest BCUT2D eigenvalue weighted by Crippen LogP contribution is 2.53. The number of aliphatic carboxylic acids is 2. The lowest BCUT2D eigenvalue weighted by atomic mass is 10.0. The van der Waals surface area contributed by atoms with E-state index in [1.54, 1.807) is 39.8 Å². The third-order valence-electron chi connectivity index (χ3n) is 8.49. The number of rotatable bonds is 28. The Labute approximate surface area is 371 Å². The predicted octanol–water partition coefficient (Wildman–Crippen LogP) is 5.71. The first-order valence-electron chi connectivity index (χ1n) is 20.1. The molecule has 2 aromatic carbocycles. The van der Waals surface area contributed by atoms with Crippen molar-refractivity contribution in [1.29, 1.82) is 0 Å². The lowest BCUT2D eigenvalue weighted by Gasteiger charge is -2.25. The van der Waals surface area contributed by atoms with Crippen LogP contribution in [-0.2, 0) is 52.4 Å². The number of fused-ring (bicyclic) bond motifs is 1. The summed E-state index contributed by atoms with van der Waals surface area (Å²) < 4.78 is 63.5. The summed E-state index contributed by atoms with van der Waals surface area (Å²) in [5.41, 5.74) is -0.0952. The monoisotopic (exact) mass is 949 g/mol. The minimum atomic E-state index is -4.15. The smallest absolute Gasteiger partial charge is 0.475 e. The normalized spacial score (nSPS) is 12.6. The van der Waals surface area contributed by atoms with Crippen molar-refractivity contribution in [2.24, 2.45) is 0 Å². The van der Waals surface area contributed by atoms with Crippen LogP contribution in [0.1, 0.15) is 79.8 Å². The summed E-state index contributed by atoms with van der Waals surface area (Å²) >= 11 is 0. The number of para-hydroxylation sites is 1. The quantitative estimate of drug-likeness (QED) is 0.0293. The Hall–Kier alpha value is -5.97. The van der Waals surface area contributed by atoms with Gasteiger partial charge in [0.05, 0.1) is 63.1 Å². The molecule has 0 aliphatic rings. The van der Waals surface area contributed by atoms with E-state index in [4.69, 9.17) is 37.0 Å². The van der Waals surface area contributed by atoms with Crippen LogP contribution >= 0.6 is 15.6 Å². The van der Waals surface area contributed by atoms with Gasteiger partial charge in [0, 0.05) is 24.1 Å². The Morgan fingerprint density at radius 2 is 1.45 bits per heavy atom. The number of carboxylic acid groups (broad SMARTS) is 2. The predicted molar refractivity (Wildman–Crippen MR) is 230 cm³/mol. The highest BCUT2D eigenvalue weighted by Gasteiger charge is 2.34. The third-order valence-corrected chi connectivity index (χ3v) is 11.8. The first-order chi connectivity index (χ1) is 31.0. The molecule has 0 radical (unpaired) electrons. The average molecular weight is 950 g/mol. The van der Waals surface area contributed by atoms with Crippen molar-refractivity contribution >= 4 is 68.2 Å². The summed E-state index contributed by atoms with van der Waals surface area (Å²) in [6.07, 6.45) is -2.14. The number of hydrogen-bond donors (Lipinski definition) is 6. The Morgan fingerprint density at radius 3 is 2.08 bits per heavy atom. The zero-order chi connectivity index (χ0) is 47.6. The molecule has 2 aromatic heterocycles. The van der Waals surface area contributed by atoms with Crippen molar-refractivity contribution in [2.75, 3.05) is 43.7 Å². The van der Waals surface area contributed by atoms with E-state index < -0.39 is 76.1 Å². The van der Waals surface area contributed by atoms with E-state index in [2.05, 4.69) is 35.9 Å². The number of ether oxygens (including phenoxy) is 1. The van der Waals surface area contributed by atoms with Crippen LogP contribution in [0.3, 0.4) is 0 Å². The summed E-state index contributed by atoms with van der Waals surface area (Å²) in [5, 5.41) is 25.8. The van der Waals surface area contributed by atoms with Crippen molar-refractivity contribution in [3.63, 3.8) is 0 Å². The number of nitrogens with one attached hydrogen (secondary N) is 4. The number of aromatic nitrogens is 4. The van der Waals surface area contributed by atoms with Gasteiger partial charge in [-0.1, -0.05) is 12.1 Å². The van der Waals surface area contributed by atoms with Gasteiger partial charge in [0.15, 0.2) is 16.9 Å². The summed E-state index contributed by atoms with van der Waals surface area (Å²) in [7, 11) is -8.19. The van der Waals surface area contributed by atoms with E-state index >= 15 is 0 Å². The van der Waals surface area contributed by atoms with Crippen molar-refractivity contribution in [1.82, 2.24) is 25.3 Å². The van der Waals surface area contributed by atoms with E-state index in [1.165, 1.54) is 42.6 Å². The summed E-state index contributed by atoms with van der Waals surface area (Å²) in [6, 6.07) is 10.4. The van der Waals surface area contributed by atoms with Gasteiger partial charge in [0.2, 0.25) is 5.95 Å². The molecule has 0 saturated heterocycles. The summed E-state index contributed by atoms with van der Waals surface area (Å²) in [5.74, 6) is -4.31. The molecule has 352 valence electrons. The molecule has 2 atom stereocenters. The molecule has 2 amide bonds. The molecular formula is C39H49N7O17P2.